The molecule has 3 saturated carbocycles. The molecular formula is C39H64O4. The van der Waals surface area contributed by atoms with Crippen molar-refractivity contribution in [2.45, 2.75) is 175 Å². The maximum atomic E-state index is 14.1. The molecule has 1 N–H and O–H groups in total. The van der Waals surface area contributed by atoms with Gasteiger partial charge in [0.1, 0.15) is 12.4 Å². The number of unbranched alkanes of at least 4 members (excludes halogenated alkanes) is 14. The lowest BCUT2D eigenvalue weighted by Crippen LogP contribution is -2.57. The van der Waals surface area contributed by atoms with Crippen molar-refractivity contribution in [1.29, 1.82) is 0 Å². The van der Waals surface area contributed by atoms with Crippen LogP contribution in [0.15, 0.2) is 11.6 Å². The van der Waals surface area contributed by atoms with Gasteiger partial charge in [0.05, 0.1) is 5.41 Å². The van der Waals surface area contributed by atoms with Gasteiger partial charge in [-0.2, -0.15) is 0 Å². The number of aliphatic hydroxyl groups is 1. The summed E-state index contributed by atoms with van der Waals surface area (Å²) in [6.45, 7) is 6.37. The molecule has 0 bridgehead atoms. The lowest BCUT2D eigenvalue weighted by molar-refractivity contribution is -0.158. The number of fused-ring (bicyclic) bond motifs is 5. The fraction of sp³-hybridized carbons (Fsp3) is 0.872. The van der Waals surface area contributed by atoms with Crippen LogP contribution in [0.1, 0.15) is 175 Å². The zero-order valence-electron chi connectivity index (χ0n) is 28.2. The Kier molecular flexibility index (Phi) is 12.7. The van der Waals surface area contributed by atoms with E-state index in [0.29, 0.717) is 37.0 Å². The summed E-state index contributed by atoms with van der Waals surface area (Å²) in [4.78, 5) is 39.8. The van der Waals surface area contributed by atoms with Crippen molar-refractivity contribution in [3.8, 4) is 0 Å². The molecule has 43 heavy (non-hydrogen) atoms. The Labute approximate surface area is 263 Å². The van der Waals surface area contributed by atoms with E-state index in [1.807, 2.05) is 6.08 Å². The van der Waals surface area contributed by atoms with Gasteiger partial charge in [-0.3, -0.25) is 14.4 Å². The molecule has 0 heterocycles. The van der Waals surface area contributed by atoms with Crippen molar-refractivity contribution >= 4 is 17.3 Å². The number of hydrogen-bond donors (Lipinski definition) is 1. The summed E-state index contributed by atoms with van der Waals surface area (Å²) >= 11 is 0. The average Bonchev–Trinajstić information content (AvgIpc) is 3.32. The molecule has 4 nitrogen and oxygen atoms in total. The molecule has 6 atom stereocenters. The van der Waals surface area contributed by atoms with Crippen LogP contribution in [0.4, 0.5) is 0 Å². The Bertz CT molecular complexity index is 982. The van der Waals surface area contributed by atoms with Crippen molar-refractivity contribution in [3.63, 3.8) is 0 Å². The number of ketones is 3. The highest BCUT2D eigenvalue weighted by molar-refractivity contribution is 6.08. The van der Waals surface area contributed by atoms with Crippen LogP contribution in [-0.4, -0.2) is 29.1 Å². The highest BCUT2D eigenvalue weighted by atomic mass is 16.3. The largest absolute Gasteiger partial charge is 0.389 e. The SMILES string of the molecule is CCCCCCCCCCCCCCCCCC(=O)[C@]1(C(=O)CO)CC[C@H]2[C@@H]3CCC4=CC(=O)CC[C@]4(C)[C@H]3CC[C@@]21C. The van der Waals surface area contributed by atoms with Crippen LogP contribution in [0.5, 0.6) is 0 Å². The van der Waals surface area contributed by atoms with Crippen molar-refractivity contribution in [3.05, 3.63) is 11.6 Å². The molecule has 0 spiro atoms. The van der Waals surface area contributed by atoms with Gasteiger partial charge >= 0.3 is 0 Å². The predicted octanol–water partition coefficient (Wildman–Crippen LogP) is 9.90. The van der Waals surface area contributed by atoms with Crippen LogP contribution in [0, 0.1) is 34.0 Å². The Morgan fingerprint density at radius 1 is 0.721 bits per heavy atom. The van der Waals surface area contributed by atoms with Crippen LogP contribution < -0.4 is 0 Å². The molecule has 0 unspecified atom stereocenters. The summed E-state index contributed by atoms with van der Waals surface area (Å²) in [5.41, 5.74) is 0.0752. The van der Waals surface area contributed by atoms with E-state index < -0.39 is 12.0 Å². The molecule has 0 aromatic rings. The highest BCUT2D eigenvalue weighted by Crippen LogP contribution is 2.70. The fourth-order valence-corrected chi connectivity index (χ4v) is 10.7. The van der Waals surface area contributed by atoms with Gasteiger partial charge in [-0.15, -0.1) is 0 Å². The summed E-state index contributed by atoms with van der Waals surface area (Å²) in [5.74, 6) is 1.57. The first-order valence-electron chi connectivity index (χ1n) is 18.7. The quantitative estimate of drug-likeness (QED) is 0.119. The summed E-state index contributed by atoms with van der Waals surface area (Å²) in [7, 11) is 0. The number of hydrogen-bond acceptors (Lipinski definition) is 4. The highest BCUT2D eigenvalue weighted by Gasteiger charge is 2.68. The van der Waals surface area contributed by atoms with E-state index in [4.69, 9.17) is 0 Å². The third kappa shape index (κ3) is 7.25. The number of carbonyl (C=O) groups excluding carboxylic acids is 3. The van der Waals surface area contributed by atoms with Crippen LogP contribution in [0.25, 0.3) is 0 Å². The van der Waals surface area contributed by atoms with Crippen molar-refractivity contribution in [2.75, 3.05) is 6.61 Å². The predicted molar refractivity (Wildman–Crippen MR) is 176 cm³/mol. The number of allylic oxidation sites excluding steroid dienone is 1. The zero-order valence-corrected chi connectivity index (χ0v) is 28.2. The molecule has 0 saturated heterocycles. The van der Waals surface area contributed by atoms with E-state index in [2.05, 4.69) is 20.8 Å². The van der Waals surface area contributed by atoms with Crippen molar-refractivity contribution in [1.82, 2.24) is 0 Å². The Balaban J connectivity index is 1.23. The molecule has 0 radical (unpaired) electrons. The molecular weight excluding hydrogens is 532 g/mol. The Hall–Kier alpha value is -1.29. The van der Waals surface area contributed by atoms with E-state index in [1.54, 1.807) is 0 Å². The third-order valence-corrected chi connectivity index (χ3v) is 13.3. The zero-order chi connectivity index (χ0) is 30.9. The van der Waals surface area contributed by atoms with E-state index in [-0.39, 0.29) is 28.2 Å². The molecule has 4 rings (SSSR count). The maximum Gasteiger partial charge on any atom is 0.172 e. The number of Topliss-reactive ketones (excluding diaryl/α,β-unsaturated/α-hetero) is 2. The van der Waals surface area contributed by atoms with E-state index >= 15 is 0 Å². The standard InChI is InChI=1S/C39H64O4/c1-4-5-6-7-8-9-10-11-12-13-14-15-16-17-18-19-35(42)39(36(43)29-40)27-24-34-32-21-20-30-28-31(41)22-25-37(30,2)33(32)23-26-38(34,39)3/h28,32-34,40H,4-27,29H2,1-3H3/t32-,33+,34+,37+,38+,39+/m1/s1. The molecule has 244 valence electrons. The average molecular weight is 597 g/mol. The minimum absolute atomic E-state index is 0.0856. The summed E-state index contributed by atoms with van der Waals surface area (Å²) in [6.07, 6.45) is 28.9. The summed E-state index contributed by atoms with van der Waals surface area (Å²) < 4.78 is 0. The van der Waals surface area contributed by atoms with Gasteiger partial charge in [0.15, 0.2) is 11.6 Å². The molecule has 0 aromatic heterocycles. The van der Waals surface area contributed by atoms with Gasteiger partial charge in [0.2, 0.25) is 0 Å². The molecule has 0 amide bonds. The van der Waals surface area contributed by atoms with Crippen molar-refractivity contribution in [2.24, 2.45) is 34.0 Å². The molecule has 4 aliphatic rings. The molecule has 0 aromatic carbocycles. The smallest absolute Gasteiger partial charge is 0.172 e. The number of rotatable bonds is 19. The lowest BCUT2D eigenvalue weighted by Gasteiger charge is -2.59. The van der Waals surface area contributed by atoms with Crippen molar-refractivity contribution < 1.29 is 19.5 Å². The van der Waals surface area contributed by atoms with Crippen LogP contribution in [-0.2, 0) is 14.4 Å². The van der Waals surface area contributed by atoms with E-state index in [0.717, 1.165) is 51.4 Å². The number of carbonyl (C=O) groups is 3. The minimum atomic E-state index is -1.01. The monoisotopic (exact) mass is 596 g/mol. The van der Waals surface area contributed by atoms with Crippen LogP contribution in [0.3, 0.4) is 0 Å². The van der Waals surface area contributed by atoms with E-state index in [9.17, 15) is 19.5 Å². The van der Waals surface area contributed by atoms with Gasteiger partial charge in [-0.25, -0.2) is 0 Å². The Morgan fingerprint density at radius 2 is 1.28 bits per heavy atom. The van der Waals surface area contributed by atoms with Gasteiger partial charge in [-0.1, -0.05) is 116 Å². The van der Waals surface area contributed by atoms with E-state index in [1.165, 1.54) is 89.0 Å². The van der Waals surface area contributed by atoms with Gasteiger partial charge in [0.25, 0.3) is 0 Å². The number of aliphatic hydroxyl groups excluding tert-OH is 1. The molecule has 4 aliphatic carbocycles. The first-order valence-corrected chi connectivity index (χ1v) is 18.7. The summed E-state index contributed by atoms with van der Waals surface area (Å²) in [6, 6.07) is 0. The summed E-state index contributed by atoms with van der Waals surface area (Å²) in [5, 5.41) is 10.1. The second-order valence-electron chi connectivity index (χ2n) is 15.6. The first kappa shape index (κ1) is 34.6. The second kappa shape index (κ2) is 15.8. The topological polar surface area (TPSA) is 71.4 Å². The van der Waals surface area contributed by atoms with Crippen LogP contribution >= 0.6 is 0 Å². The van der Waals surface area contributed by atoms with Gasteiger partial charge in [-0.05, 0) is 86.0 Å². The van der Waals surface area contributed by atoms with Crippen LogP contribution in [0.2, 0.25) is 0 Å². The molecule has 3 fully saturated rings. The molecule has 0 aliphatic heterocycles. The minimum Gasteiger partial charge on any atom is -0.389 e. The normalized spacial score (nSPS) is 33.4. The van der Waals surface area contributed by atoms with Gasteiger partial charge < -0.3 is 5.11 Å². The Morgan fingerprint density at radius 3 is 1.86 bits per heavy atom. The maximum absolute atomic E-state index is 14.1. The second-order valence-corrected chi connectivity index (χ2v) is 15.6. The molecule has 4 heteroatoms. The fourth-order valence-electron chi connectivity index (χ4n) is 10.7. The third-order valence-electron chi connectivity index (χ3n) is 13.3. The van der Waals surface area contributed by atoms with Gasteiger partial charge in [0, 0.05) is 12.8 Å². The first-order chi connectivity index (χ1) is 20.7. The lowest BCUT2D eigenvalue weighted by atomic mass is 9.44.